The first kappa shape index (κ1) is 28.6. The van der Waals surface area contributed by atoms with E-state index in [1.807, 2.05) is 25.1 Å². The predicted octanol–water partition coefficient (Wildman–Crippen LogP) is 5.05. The fourth-order valence-corrected chi connectivity index (χ4v) is 5.91. The first-order valence-corrected chi connectivity index (χ1v) is 14.2. The van der Waals surface area contributed by atoms with E-state index in [0.29, 0.717) is 18.0 Å². The summed E-state index contributed by atoms with van der Waals surface area (Å²) in [6.07, 6.45) is 0. The summed E-state index contributed by atoms with van der Waals surface area (Å²) < 4.78 is 52.3. The first-order chi connectivity index (χ1) is 17.6. The van der Waals surface area contributed by atoms with E-state index in [-0.39, 0.29) is 21.4 Å². The average Bonchev–Trinajstić information content (AvgIpc) is 2.88. The maximum absolute atomic E-state index is 13.8. The van der Waals surface area contributed by atoms with E-state index in [4.69, 9.17) is 21.1 Å². The van der Waals surface area contributed by atoms with Crippen molar-refractivity contribution in [2.75, 3.05) is 37.4 Å². The Labute approximate surface area is 226 Å². The molecule has 0 aliphatic carbocycles. The van der Waals surface area contributed by atoms with Crippen molar-refractivity contribution >= 4 is 45.0 Å². The Morgan fingerprint density at radius 3 is 2.49 bits per heavy atom. The van der Waals surface area contributed by atoms with Crippen LogP contribution in [0.25, 0.3) is 0 Å². The maximum atomic E-state index is 13.8. The number of carbonyl (C=O) groups is 1. The highest BCUT2D eigenvalue weighted by Gasteiger charge is 2.29. The molecule has 0 radical (unpaired) electrons. The Kier molecular flexibility index (Phi) is 10.1. The second-order valence-electron chi connectivity index (χ2n) is 8.02. The molecule has 0 aliphatic heterocycles. The summed E-state index contributed by atoms with van der Waals surface area (Å²) in [5.74, 6) is 0.773. The van der Waals surface area contributed by atoms with Crippen LogP contribution in [0.2, 0.25) is 5.02 Å². The molecule has 0 heterocycles. The number of nitrogens with one attached hydrogen (secondary N) is 1. The van der Waals surface area contributed by atoms with Gasteiger partial charge in [-0.1, -0.05) is 41.4 Å². The molecule has 198 valence electrons. The van der Waals surface area contributed by atoms with Crippen molar-refractivity contribution in [1.82, 2.24) is 5.32 Å². The van der Waals surface area contributed by atoms with Gasteiger partial charge in [0, 0.05) is 24.1 Å². The van der Waals surface area contributed by atoms with Crippen LogP contribution in [0.3, 0.4) is 0 Å². The standard InChI is InChI=1S/C26H28ClFN2O5S2/c1-18-5-4-6-19(13-18)17-36-12-11-29-26(31)16-30(20-7-9-23(28)22(27)14-20)37(32,33)21-8-10-24(34-2)25(15-21)35-3/h4-10,13-15H,11-12,16-17H2,1-3H3,(H,29,31). The zero-order valence-corrected chi connectivity index (χ0v) is 23.1. The van der Waals surface area contributed by atoms with Gasteiger partial charge in [-0.2, -0.15) is 11.8 Å². The van der Waals surface area contributed by atoms with Crippen molar-refractivity contribution in [3.05, 3.63) is 82.6 Å². The number of methoxy groups -OCH3 is 2. The van der Waals surface area contributed by atoms with Crippen molar-refractivity contribution in [3.63, 3.8) is 0 Å². The van der Waals surface area contributed by atoms with E-state index in [2.05, 4.69) is 11.4 Å². The number of hydrogen-bond acceptors (Lipinski definition) is 6. The van der Waals surface area contributed by atoms with Gasteiger partial charge in [-0.3, -0.25) is 9.10 Å². The lowest BCUT2D eigenvalue weighted by atomic mass is 10.2. The van der Waals surface area contributed by atoms with Gasteiger partial charge in [0.2, 0.25) is 5.91 Å². The number of benzene rings is 3. The number of hydrogen-bond donors (Lipinski definition) is 1. The minimum absolute atomic E-state index is 0.0464. The molecule has 3 aromatic carbocycles. The van der Waals surface area contributed by atoms with Crippen LogP contribution in [0, 0.1) is 12.7 Å². The quantitative estimate of drug-likeness (QED) is 0.309. The van der Waals surface area contributed by atoms with Crippen molar-refractivity contribution in [1.29, 1.82) is 0 Å². The fraction of sp³-hybridized carbons (Fsp3) is 0.269. The van der Waals surface area contributed by atoms with E-state index in [1.54, 1.807) is 11.8 Å². The summed E-state index contributed by atoms with van der Waals surface area (Å²) >= 11 is 7.57. The molecule has 0 saturated carbocycles. The Morgan fingerprint density at radius 1 is 1.05 bits per heavy atom. The lowest BCUT2D eigenvalue weighted by Gasteiger charge is -2.24. The Balaban J connectivity index is 1.75. The third-order valence-corrected chi connectivity index (χ3v) is 8.43. The predicted molar refractivity (Wildman–Crippen MR) is 146 cm³/mol. The number of anilines is 1. The molecule has 37 heavy (non-hydrogen) atoms. The Morgan fingerprint density at radius 2 is 1.81 bits per heavy atom. The number of aryl methyl sites for hydroxylation is 1. The summed E-state index contributed by atoms with van der Waals surface area (Å²) in [4.78, 5) is 12.6. The molecule has 1 N–H and O–H groups in total. The summed E-state index contributed by atoms with van der Waals surface area (Å²) in [5.41, 5.74) is 2.42. The highest BCUT2D eigenvalue weighted by Crippen LogP contribution is 2.33. The first-order valence-electron chi connectivity index (χ1n) is 11.3. The maximum Gasteiger partial charge on any atom is 0.264 e. The Bertz CT molecular complexity index is 1350. The van der Waals surface area contributed by atoms with Crippen LogP contribution < -0.4 is 19.1 Å². The van der Waals surface area contributed by atoms with Crippen LogP contribution in [-0.2, 0) is 20.6 Å². The van der Waals surface area contributed by atoms with E-state index in [0.717, 1.165) is 16.1 Å². The van der Waals surface area contributed by atoms with Gasteiger partial charge in [0.15, 0.2) is 11.5 Å². The van der Waals surface area contributed by atoms with Crippen LogP contribution in [0.15, 0.2) is 65.6 Å². The monoisotopic (exact) mass is 566 g/mol. The molecular weight excluding hydrogens is 539 g/mol. The summed E-state index contributed by atoms with van der Waals surface area (Å²) in [6, 6.07) is 15.7. The molecule has 0 spiro atoms. The number of thioether (sulfide) groups is 1. The second kappa shape index (κ2) is 13.0. The minimum atomic E-state index is -4.26. The van der Waals surface area contributed by atoms with Crippen LogP contribution in [0.1, 0.15) is 11.1 Å². The third kappa shape index (κ3) is 7.53. The smallest absolute Gasteiger partial charge is 0.264 e. The van der Waals surface area contributed by atoms with Crippen molar-refractivity contribution in [2.45, 2.75) is 17.6 Å². The largest absolute Gasteiger partial charge is 0.493 e. The van der Waals surface area contributed by atoms with Gasteiger partial charge in [0.1, 0.15) is 12.4 Å². The highest BCUT2D eigenvalue weighted by molar-refractivity contribution is 7.98. The molecular formula is C26H28ClFN2O5S2. The van der Waals surface area contributed by atoms with Crippen LogP contribution in [-0.4, -0.2) is 47.4 Å². The normalized spacial score (nSPS) is 11.2. The van der Waals surface area contributed by atoms with Crippen molar-refractivity contribution in [2.24, 2.45) is 0 Å². The SMILES string of the molecule is COc1ccc(S(=O)(=O)N(CC(=O)NCCSCc2cccc(C)c2)c2ccc(F)c(Cl)c2)cc1OC. The summed E-state index contributed by atoms with van der Waals surface area (Å²) in [5, 5.41) is 2.49. The number of sulfonamides is 1. The van der Waals surface area contributed by atoms with E-state index in [9.17, 15) is 17.6 Å². The highest BCUT2D eigenvalue weighted by atomic mass is 35.5. The van der Waals surface area contributed by atoms with Gasteiger partial charge < -0.3 is 14.8 Å². The molecule has 0 fully saturated rings. The number of carbonyl (C=O) groups excluding carboxylic acids is 1. The number of ether oxygens (including phenoxy) is 2. The number of halogens is 2. The molecule has 0 unspecified atom stereocenters. The second-order valence-corrected chi connectivity index (χ2v) is 11.4. The minimum Gasteiger partial charge on any atom is -0.493 e. The van der Waals surface area contributed by atoms with Gasteiger partial charge in [0.25, 0.3) is 10.0 Å². The molecule has 0 aromatic heterocycles. The topological polar surface area (TPSA) is 84.9 Å². The van der Waals surface area contributed by atoms with Crippen LogP contribution >= 0.6 is 23.4 Å². The van der Waals surface area contributed by atoms with Gasteiger partial charge in [0.05, 0.1) is 29.8 Å². The number of rotatable bonds is 12. The molecule has 0 bridgehead atoms. The van der Waals surface area contributed by atoms with E-state index < -0.39 is 28.3 Å². The van der Waals surface area contributed by atoms with E-state index >= 15 is 0 Å². The van der Waals surface area contributed by atoms with Gasteiger partial charge in [-0.15, -0.1) is 0 Å². The third-order valence-electron chi connectivity index (χ3n) is 5.34. The Hall–Kier alpha value is -2.95. The van der Waals surface area contributed by atoms with Crippen LogP contribution in [0.5, 0.6) is 11.5 Å². The zero-order chi connectivity index (χ0) is 27.0. The molecule has 0 aliphatic rings. The molecule has 11 heteroatoms. The summed E-state index contributed by atoms with van der Waals surface area (Å²) in [7, 11) is -1.44. The molecule has 0 atom stereocenters. The number of nitrogens with zero attached hydrogens (tertiary/aromatic N) is 1. The van der Waals surface area contributed by atoms with E-state index in [1.165, 1.54) is 55.7 Å². The molecule has 3 aromatic rings. The fourth-order valence-electron chi connectivity index (χ4n) is 3.50. The lowest BCUT2D eigenvalue weighted by molar-refractivity contribution is -0.119. The molecule has 0 saturated heterocycles. The molecule has 1 amide bonds. The van der Waals surface area contributed by atoms with Crippen molar-refractivity contribution in [3.8, 4) is 11.5 Å². The van der Waals surface area contributed by atoms with Gasteiger partial charge >= 0.3 is 0 Å². The average molecular weight is 567 g/mol. The zero-order valence-electron chi connectivity index (χ0n) is 20.7. The van der Waals surface area contributed by atoms with Crippen LogP contribution in [0.4, 0.5) is 10.1 Å². The van der Waals surface area contributed by atoms with Crippen molar-refractivity contribution < 1.29 is 27.1 Å². The summed E-state index contributed by atoms with van der Waals surface area (Å²) in [6.45, 7) is 1.86. The van der Waals surface area contributed by atoms with Gasteiger partial charge in [-0.25, -0.2) is 12.8 Å². The van der Waals surface area contributed by atoms with Gasteiger partial charge in [-0.05, 0) is 42.8 Å². The molecule has 3 rings (SSSR count). The number of amides is 1. The molecule has 7 nitrogen and oxygen atoms in total. The lowest BCUT2D eigenvalue weighted by Crippen LogP contribution is -2.41.